The Balaban J connectivity index is 1.87. The molecule has 1 aromatic carbocycles. The van der Waals surface area contributed by atoms with Gasteiger partial charge in [-0.3, -0.25) is 4.90 Å². The average molecular weight is 327 g/mol. The molecule has 2 N–H and O–H groups in total. The van der Waals surface area contributed by atoms with Crippen LogP contribution in [-0.2, 0) is 6.54 Å². The zero-order valence-corrected chi connectivity index (χ0v) is 13.2. The molecule has 1 saturated heterocycles. The number of rotatable bonds is 5. The predicted molar refractivity (Wildman–Crippen MR) is 82.4 cm³/mol. The van der Waals surface area contributed by atoms with Crippen molar-refractivity contribution in [3.63, 3.8) is 0 Å². The van der Waals surface area contributed by atoms with Crippen LogP contribution in [0, 0.1) is 5.92 Å². The number of methoxy groups -OCH3 is 1. The summed E-state index contributed by atoms with van der Waals surface area (Å²) >= 11 is 3.54. The average Bonchev–Trinajstić information content (AvgIpc) is 2.42. The second-order valence-corrected chi connectivity index (χ2v) is 6.12. The van der Waals surface area contributed by atoms with Gasteiger partial charge in [0.25, 0.3) is 0 Å². The molecule has 0 bridgehead atoms. The van der Waals surface area contributed by atoms with Crippen LogP contribution in [0.3, 0.4) is 0 Å². The van der Waals surface area contributed by atoms with E-state index >= 15 is 0 Å². The van der Waals surface area contributed by atoms with Crippen molar-refractivity contribution >= 4 is 15.9 Å². The van der Waals surface area contributed by atoms with Crippen molar-refractivity contribution in [2.75, 3.05) is 26.7 Å². The molecular formula is C15H23BrN2O. The molecule has 0 radical (unpaired) electrons. The van der Waals surface area contributed by atoms with Crippen LogP contribution in [0.25, 0.3) is 0 Å². The molecule has 3 nitrogen and oxygen atoms in total. The molecule has 1 aliphatic rings. The summed E-state index contributed by atoms with van der Waals surface area (Å²) in [7, 11) is 1.70. The molecule has 2 rings (SSSR count). The molecule has 1 heterocycles. The summed E-state index contributed by atoms with van der Waals surface area (Å²) in [5.41, 5.74) is 6.97. The Morgan fingerprint density at radius 1 is 1.37 bits per heavy atom. The quantitative estimate of drug-likeness (QED) is 0.903. The Labute approximate surface area is 124 Å². The first-order chi connectivity index (χ1) is 9.22. The van der Waals surface area contributed by atoms with Gasteiger partial charge in [-0.2, -0.15) is 0 Å². The maximum atomic E-state index is 5.63. The minimum Gasteiger partial charge on any atom is -0.496 e. The van der Waals surface area contributed by atoms with Crippen LogP contribution in [0.4, 0.5) is 0 Å². The van der Waals surface area contributed by atoms with Gasteiger partial charge < -0.3 is 10.5 Å². The molecule has 0 saturated carbocycles. The van der Waals surface area contributed by atoms with Gasteiger partial charge in [0, 0.05) is 6.54 Å². The Bertz CT molecular complexity index is 403. The zero-order chi connectivity index (χ0) is 13.7. The van der Waals surface area contributed by atoms with Crippen LogP contribution in [0.2, 0.25) is 0 Å². The standard InChI is InChI=1S/C15H23BrN2O/c1-19-15-3-2-13(10-14(15)16)11-18-8-5-12(4-7-17)6-9-18/h2-3,10,12H,4-9,11,17H2,1H3. The van der Waals surface area contributed by atoms with Crippen molar-refractivity contribution in [2.45, 2.75) is 25.8 Å². The highest BCUT2D eigenvalue weighted by molar-refractivity contribution is 9.10. The highest BCUT2D eigenvalue weighted by Gasteiger charge is 2.18. The van der Waals surface area contributed by atoms with Crippen molar-refractivity contribution < 1.29 is 4.74 Å². The predicted octanol–water partition coefficient (Wildman–Crippen LogP) is 3.02. The summed E-state index contributed by atoms with van der Waals surface area (Å²) in [6, 6.07) is 6.33. The number of nitrogens with zero attached hydrogens (tertiary/aromatic N) is 1. The van der Waals surface area contributed by atoms with E-state index in [1.54, 1.807) is 7.11 Å². The molecule has 0 amide bonds. The molecule has 19 heavy (non-hydrogen) atoms. The summed E-state index contributed by atoms with van der Waals surface area (Å²) in [4.78, 5) is 2.53. The number of nitrogens with two attached hydrogens (primary N) is 1. The topological polar surface area (TPSA) is 38.5 Å². The molecule has 4 heteroatoms. The van der Waals surface area contributed by atoms with Gasteiger partial charge in [0.1, 0.15) is 5.75 Å². The molecule has 1 fully saturated rings. The Hall–Kier alpha value is -0.580. The Morgan fingerprint density at radius 3 is 2.68 bits per heavy atom. The summed E-state index contributed by atoms with van der Waals surface area (Å²) < 4.78 is 6.29. The molecule has 0 aliphatic carbocycles. The van der Waals surface area contributed by atoms with Crippen molar-refractivity contribution in [2.24, 2.45) is 11.7 Å². The SMILES string of the molecule is COc1ccc(CN2CCC(CCN)CC2)cc1Br. The van der Waals surface area contributed by atoms with Gasteiger partial charge in [-0.05, 0) is 78.4 Å². The summed E-state index contributed by atoms with van der Waals surface area (Å²) in [5.74, 6) is 1.73. The number of piperidine rings is 1. The van der Waals surface area contributed by atoms with Gasteiger partial charge >= 0.3 is 0 Å². The first kappa shape index (κ1) is 14.8. The molecule has 106 valence electrons. The summed E-state index contributed by atoms with van der Waals surface area (Å²) in [6.45, 7) is 4.23. The highest BCUT2D eigenvalue weighted by Crippen LogP contribution is 2.27. The second kappa shape index (κ2) is 7.27. The number of hydrogen-bond donors (Lipinski definition) is 1. The van der Waals surface area contributed by atoms with E-state index in [0.29, 0.717) is 0 Å². The third kappa shape index (κ3) is 4.20. The van der Waals surface area contributed by atoms with Crippen molar-refractivity contribution in [3.8, 4) is 5.75 Å². The number of benzene rings is 1. The minimum atomic E-state index is 0.829. The molecule has 0 spiro atoms. The monoisotopic (exact) mass is 326 g/mol. The van der Waals surface area contributed by atoms with Crippen molar-refractivity contribution in [1.82, 2.24) is 4.90 Å². The fourth-order valence-corrected chi connectivity index (χ4v) is 3.32. The molecule has 0 aromatic heterocycles. The molecule has 1 aromatic rings. The third-order valence-corrected chi connectivity index (χ3v) is 4.52. The number of likely N-dealkylation sites (tertiary alicyclic amines) is 1. The van der Waals surface area contributed by atoms with Gasteiger partial charge in [0.15, 0.2) is 0 Å². The summed E-state index contributed by atoms with van der Waals surface area (Å²) in [5, 5.41) is 0. The van der Waals surface area contributed by atoms with Crippen LogP contribution < -0.4 is 10.5 Å². The van der Waals surface area contributed by atoms with Gasteiger partial charge in [0.2, 0.25) is 0 Å². The third-order valence-electron chi connectivity index (χ3n) is 3.90. The van der Waals surface area contributed by atoms with E-state index in [9.17, 15) is 0 Å². The summed E-state index contributed by atoms with van der Waals surface area (Å²) in [6.07, 6.45) is 3.75. The van der Waals surface area contributed by atoms with Gasteiger partial charge in [-0.25, -0.2) is 0 Å². The maximum Gasteiger partial charge on any atom is 0.133 e. The first-order valence-corrected chi connectivity index (χ1v) is 7.77. The highest BCUT2D eigenvalue weighted by atomic mass is 79.9. The molecule has 0 unspecified atom stereocenters. The Morgan fingerprint density at radius 2 is 2.11 bits per heavy atom. The Kier molecular flexibility index (Phi) is 5.67. The fourth-order valence-electron chi connectivity index (χ4n) is 2.74. The van der Waals surface area contributed by atoms with Crippen LogP contribution in [0.15, 0.2) is 22.7 Å². The molecular weight excluding hydrogens is 304 g/mol. The lowest BCUT2D eigenvalue weighted by molar-refractivity contribution is 0.173. The number of halogens is 1. The van der Waals surface area contributed by atoms with Crippen molar-refractivity contribution in [3.05, 3.63) is 28.2 Å². The van der Waals surface area contributed by atoms with Gasteiger partial charge in [-0.1, -0.05) is 6.07 Å². The molecule has 1 aliphatic heterocycles. The van der Waals surface area contributed by atoms with E-state index in [4.69, 9.17) is 10.5 Å². The van der Waals surface area contributed by atoms with Gasteiger partial charge in [0.05, 0.1) is 11.6 Å². The lowest BCUT2D eigenvalue weighted by Gasteiger charge is -2.31. The van der Waals surface area contributed by atoms with Crippen LogP contribution >= 0.6 is 15.9 Å². The lowest BCUT2D eigenvalue weighted by atomic mass is 9.93. The van der Waals surface area contributed by atoms with Crippen molar-refractivity contribution in [1.29, 1.82) is 0 Å². The number of ether oxygens (including phenoxy) is 1. The van der Waals surface area contributed by atoms with Crippen LogP contribution in [0.5, 0.6) is 5.75 Å². The fraction of sp³-hybridized carbons (Fsp3) is 0.600. The number of hydrogen-bond acceptors (Lipinski definition) is 3. The largest absolute Gasteiger partial charge is 0.496 e. The van der Waals surface area contributed by atoms with E-state index in [1.807, 2.05) is 6.07 Å². The van der Waals surface area contributed by atoms with E-state index in [2.05, 4.69) is 33.0 Å². The second-order valence-electron chi connectivity index (χ2n) is 5.27. The molecule has 0 atom stereocenters. The van der Waals surface area contributed by atoms with Crippen LogP contribution in [0.1, 0.15) is 24.8 Å². The van der Waals surface area contributed by atoms with E-state index in [1.165, 1.54) is 37.9 Å². The first-order valence-electron chi connectivity index (χ1n) is 6.97. The maximum absolute atomic E-state index is 5.63. The van der Waals surface area contributed by atoms with Gasteiger partial charge in [-0.15, -0.1) is 0 Å². The van der Waals surface area contributed by atoms with Crippen LogP contribution in [-0.4, -0.2) is 31.6 Å². The smallest absolute Gasteiger partial charge is 0.133 e. The lowest BCUT2D eigenvalue weighted by Crippen LogP contribution is -2.33. The van der Waals surface area contributed by atoms with E-state index in [-0.39, 0.29) is 0 Å². The normalized spacial score (nSPS) is 17.6. The van der Waals surface area contributed by atoms with E-state index in [0.717, 1.165) is 29.2 Å². The van der Waals surface area contributed by atoms with E-state index < -0.39 is 0 Å². The zero-order valence-electron chi connectivity index (χ0n) is 11.6. The minimum absolute atomic E-state index is 0.829.